The number of carbonyl (C=O) groups excluding carboxylic acids is 1. The summed E-state index contributed by atoms with van der Waals surface area (Å²) < 4.78 is 38.6. The van der Waals surface area contributed by atoms with Crippen LogP contribution in [0.4, 0.5) is 4.39 Å². The zero-order chi connectivity index (χ0) is 13.9. The van der Waals surface area contributed by atoms with E-state index in [4.69, 9.17) is 0 Å². The molecule has 0 aromatic heterocycles. The lowest BCUT2D eigenvalue weighted by Crippen LogP contribution is -2.39. The van der Waals surface area contributed by atoms with Gasteiger partial charge in [-0.25, -0.2) is 22.6 Å². The molecular weight excluding hydrogens is 271 g/mol. The number of isocyanates is 1. The molecule has 7 heteroatoms. The minimum atomic E-state index is -3.59. The second-order valence-electron chi connectivity index (χ2n) is 4.31. The molecule has 0 spiro atoms. The maximum atomic E-state index is 12.8. The standard InChI is InChI=1S/C12H13FN2O3S/c13-10-1-3-12(4-2-10)19(17,18)15-7-5-11(6-8-15)14-9-16/h1-4,11H,5-8H2. The van der Waals surface area contributed by atoms with E-state index in [0.29, 0.717) is 25.9 Å². The van der Waals surface area contributed by atoms with Crippen LogP contribution in [0.25, 0.3) is 0 Å². The molecule has 1 aliphatic rings. The molecule has 0 unspecified atom stereocenters. The average Bonchev–Trinajstić information content (AvgIpc) is 2.40. The van der Waals surface area contributed by atoms with Gasteiger partial charge in [-0.3, -0.25) is 0 Å². The second-order valence-corrected chi connectivity index (χ2v) is 6.25. The van der Waals surface area contributed by atoms with Crippen LogP contribution in [-0.2, 0) is 14.8 Å². The van der Waals surface area contributed by atoms with Crippen molar-refractivity contribution in [3.8, 4) is 0 Å². The quantitative estimate of drug-likeness (QED) is 0.621. The van der Waals surface area contributed by atoms with Crippen molar-refractivity contribution in [3.63, 3.8) is 0 Å². The van der Waals surface area contributed by atoms with Crippen molar-refractivity contribution in [2.24, 2.45) is 4.99 Å². The van der Waals surface area contributed by atoms with Crippen molar-refractivity contribution in [2.45, 2.75) is 23.8 Å². The largest absolute Gasteiger partial charge is 0.243 e. The first-order valence-corrected chi connectivity index (χ1v) is 7.31. The number of benzene rings is 1. The van der Waals surface area contributed by atoms with Gasteiger partial charge in [-0.15, -0.1) is 0 Å². The highest BCUT2D eigenvalue weighted by Gasteiger charge is 2.29. The van der Waals surface area contributed by atoms with E-state index in [-0.39, 0.29) is 10.9 Å². The molecule has 0 atom stereocenters. The minimum Gasteiger partial charge on any atom is -0.211 e. The van der Waals surface area contributed by atoms with E-state index in [9.17, 15) is 17.6 Å². The van der Waals surface area contributed by atoms with Crippen LogP contribution in [0, 0.1) is 5.82 Å². The molecule has 1 fully saturated rings. The minimum absolute atomic E-state index is 0.0752. The van der Waals surface area contributed by atoms with E-state index in [2.05, 4.69) is 4.99 Å². The maximum absolute atomic E-state index is 12.8. The van der Waals surface area contributed by atoms with Crippen molar-refractivity contribution in [2.75, 3.05) is 13.1 Å². The highest BCUT2D eigenvalue weighted by Crippen LogP contribution is 2.21. The highest BCUT2D eigenvalue weighted by atomic mass is 32.2. The molecule has 0 N–H and O–H groups in total. The van der Waals surface area contributed by atoms with E-state index in [1.165, 1.54) is 22.5 Å². The average molecular weight is 284 g/mol. The first kappa shape index (κ1) is 13.9. The lowest BCUT2D eigenvalue weighted by molar-refractivity contribution is 0.320. The Hall–Kier alpha value is -1.56. The second kappa shape index (κ2) is 5.61. The number of hydrogen-bond donors (Lipinski definition) is 0. The molecule has 1 aliphatic heterocycles. The van der Waals surface area contributed by atoms with E-state index in [0.717, 1.165) is 12.1 Å². The maximum Gasteiger partial charge on any atom is 0.243 e. The van der Waals surface area contributed by atoms with E-state index in [1.807, 2.05) is 0 Å². The van der Waals surface area contributed by atoms with Gasteiger partial charge in [0, 0.05) is 13.1 Å². The molecular formula is C12H13FN2O3S. The molecule has 102 valence electrons. The van der Waals surface area contributed by atoms with Gasteiger partial charge >= 0.3 is 0 Å². The number of aliphatic imine (C=N–C) groups is 1. The topological polar surface area (TPSA) is 66.8 Å². The first-order chi connectivity index (χ1) is 9.04. The van der Waals surface area contributed by atoms with Crippen LogP contribution in [-0.4, -0.2) is 37.9 Å². The Kier molecular flexibility index (Phi) is 4.09. The van der Waals surface area contributed by atoms with Crippen LogP contribution in [0.2, 0.25) is 0 Å². The summed E-state index contributed by atoms with van der Waals surface area (Å²) in [6.45, 7) is 0.602. The first-order valence-electron chi connectivity index (χ1n) is 5.87. The highest BCUT2D eigenvalue weighted by molar-refractivity contribution is 7.89. The third kappa shape index (κ3) is 3.07. The number of halogens is 1. The summed E-state index contributed by atoms with van der Waals surface area (Å²) in [5, 5.41) is 0. The number of piperidine rings is 1. The fourth-order valence-corrected chi connectivity index (χ4v) is 3.51. The van der Waals surface area contributed by atoms with E-state index >= 15 is 0 Å². The molecule has 5 nitrogen and oxygen atoms in total. The van der Waals surface area contributed by atoms with E-state index < -0.39 is 15.8 Å². The Morgan fingerprint density at radius 3 is 2.32 bits per heavy atom. The molecule has 0 aliphatic carbocycles. The van der Waals surface area contributed by atoms with Crippen molar-refractivity contribution < 1.29 is 17.6 Å². The van der Waals surface area contributed by atoms with Gasteiger partial charge in [0.1, 0.15) is 5.82 Å². The number of nitrogens with zero attached hydrogens (tertiary/aromatic N) is 2. The smallest absolute Gasteiger partial charge is 0.211 e. The van der Waals surface area contributed by atoms with Gasteiger partial charge in [0.15, 0.2) is 0 Å². The SMILES string of the molecule is O=C=NC1CCN(S(=O)(=O)c2ccc(F)cc2)CC1. The lowest BCUT2D eigenvalue weighted by Gasteiger charge is -2.28. The summed E-state index contributed by atoms with van der Waals surface area (Å²) in [5.41, 5.74) is 0. The summed E-state index contributed by atoms with van der Waals surface area (Å²) in [5.74, 6) is -0.474. The lowest BCUT2D eigenvalue weighted by atomic mass is 10.1. The third-order valence-electron chi connectivity index (χ3n) is 3.11. The summed E-state index contributed by atoms with van der Waals surface area (Å²) >= 11 is 0. The normalized spacial score (nSPS) is 17.9. The van der Waals surface area contributed by atoms with Crippen molar-refractivity contribution >= 4 is 16.1 Å². The van der Waals surface area contributed by atoms with Gasteiger partial charge in [-0.05, 0) is 37.1 Å². The van der Waals surface area contributed by atoms with Crippen LogP contribution in [0.5, 0.6) is 0 Å². The Labute approximate surface area is 110 Å². The molecule has 0 amide bonds. The van der Waals surface area contributed by atoms with Crippen LogP contribution in [0.15, 0.2) is 34.2 Å². The van der Waals surface area contributed by atoms with Gasteiger partial charge < -0.3 is 0 Å². The Bertz CT molecular complexity index is 586. The predicted octanol–water partition coefficient (Wildman–Crippen LogP) is 1.31. The van der Waals surface area contributed by atoms with E-state index in [1.54, 1.807) is 0 Å². The fraction of sp³-hybridized carbons (Fsp3) is 0.417. The number of sulfonamides is 1. The molecule has 1 heterocycles. The molecule has 1 aromatic carbocycles. The van der Waals surface area contributed by atoms with Gasteiger partial charge in [-0.1, -0.05) is 0 Å². The zero-order valence-electron chi connectivity index (χ0n) is 10.1. The van der Waals surface area contributed by atoms with Crippen molar-refractivity contribution in [1.82, 2.24) is 4.31 Å². The van der Waals surface area contributed by atoms with Gasteiger partial charge in [-0.2, -0.15) is 4.31 Å². The molecule has 0 radical (unpaired) electrons. The van der Waals surface area contributed by atoms with Gasteiger partial charge in [0.2, 0.25) is 16.1 Å². The summed E-state index contributed by atoms with van der Waals surface area (Å²) in [7, 11) is -3.59. The van der Waals surface area contributed by atoms with Crippen LogP contribution in [0.3, 0.4) is 0 Å². The number of hydrogen-bond acceptors (Lipinski definition) is 4. The molecule has 19 heavy (non-hydrogen) atoms. The summed E-state index contributed by atoms with van der Waals surface area (Å²) in [6, 6.07) is 4.59. The Morgan fingerprint density at radius 1 is 1.21 bits per heavy atom. The zero-order valence-corrected chi connectivity index (χ0v) is 10.9. The number of rotatable bonds is 3. The van der Waals surface area contributed by atoms with Gasteiger partial charge in [0.05, 0.1) is 10.9 Å². The van der Waals surface area contributed by atoms with Gasteiger partial charge in [0.25, 0.3) is 0 Å². The molecule has 0 bridgehead atoms. The third-order valence-corrected chi connectivity index (χ3v) is 5.02. The Morgan fingerprint density at radius 2 is 1.79 bits per heavy atom. The van der Waals surface area contributed by atoms with Crippen LogP contribution < -0.4 is 0 Å². The monoisotopic (exact) mass is 284 g/mol. The molecule has 1 aromatic rings. The molecule has 0 saturated carbocycles. The summed E-state index contributed by atoms with van der Waals surface area (Å²) in [4.78, 5) is 13.8. The van der Waals surface area contributed by atoms with Crippen molar-refractivity contribution in [1.29, 1.82) is 0 Å². The molecule has 1 saturated heterocycles. The summed E-state index contributed by atoms with van der Waals surface area (Å²) in [6.07, 6.45) is 2.49. The Balaban J connectivity index is 2.13. The molecule has 2 rings (SSSR count). The fourth-order valence-electron chi connectivity index (χ4n) is 2.04. The van der Waals surface area contributed by atoms with Crippen molar-refractivity contribution in [3.05, 3.63) is 30.1 Å². The predicted molar refractivity (Wildman–Crippen MR) is 66.3 cm³/mol. The van der Waals surface area contributed by atoms with Crippen LogP contribution in [0.1, 0.15) is 12.8 Å². The van der Waals surface area contributed by atoms with Crippen LogP contribution >= 0.6 is 0 Å².